The van der Waals surface area contributed by atoms with E-state index in [1.807, 2.05) is 30.3 Å². The van der Waals surface area contributed by atoms with Gasteiger partial charge in [-0.25, -0.2) is 0 Å². The standard InChI is InChI=1S/C27H36O2/c1-2-3-4-5-6-7-8-9-10-11-15-18-26(28)23-19-21-25(22-20-23)27(29)24-16-13-12-14-17-24/h12-14,16-17,19-22H,2-11,15,18H2,1H3. The van der Waals surface area contributed by atoms with Crippen molar-refractivity contribution in [2.75, 3.05) is 0 Å². The van der Waals surface area contributed by atoms with E-state index in [0.29, 0.717) is 23.1 Å². The lowest BCUT2D eigenvalue weighted by molar-refractivity contribution is 0.0977. The van der Waals surface area contributed by atoms with Crippen molar-refractivity contribution in [3.8, 4) is 0 Å². The average molecular weight is 393 g/mol. The van der Waals surface area contributed by atoms with E-state index in [1.54, 1.807) is 24.3 Å². The molecule has 0 spiro atoms. The zero-order chi connectivity index (χ0) is 20.7. The van der Waals surface area contributed by atoms with Gasteiger partial charge in [-0.1, -0.05) is 126 Å². The van der Waals surface area contributed by atoms with Crippen LogP contribution in [0.25, 0.3) is 0 Å². The largest absolute Gasteiger partial charge is 0.294 e. The molecule has 2 aromatic carbocycles. The van der Waals surface area contributed by atoms with Crippen LogP contribution in [0.4, 0.5) is 0 Å². The minimum absolute atomic E-state index is 0.00466. The summed E-state index contributed by atoms with van der Waals surface area (Å²) in [4.78, 5) is 24.8. The second-order valence-electron chi connectivity index (χ2n) is 7.98. The monoisotopic (exact) mass is 392 g/mol. The molecule has 2 nitrogen and oxygen atoms in total. The Hall–Kier alpha value is -2.22. The third-order valence-electron chi connectivity index (χ3n) is 5.51. The van der Waals surface area contributed by atoms with E-state index in [4.69, 9.17) is 0 Å². The molecule has 0 heterocycles. The summed E-state index contributed by atoms with van der Waals surface area (Å²) >= 11 is 0. The minimum atomic E-state index is -0.00466. The fourth-order valence-electron chi connectivity index (χ4n) is 3.66. The summed E-state index contributed by atoms with van der Waals surface area (Å²) in [5, 5.41) is 0. The molecule has 0 aliphatic rings. The number of unbranched alkanes of at least 4 members (excludes halogenated alkanes) is 10. The quantitative estimate of drug-likeness (QED) is 0.229. The molecule has 0 saturated carbocycles. The molecule has 0 aliphatic heterocycles. The molecule has 0 saturated heterocycles. The maximum Gasteiger partial charge on any atom is 0.193 e. The lowest BCUT2D eigenvalue weighted by Crippen LogP contribution is -2.03. The van der Waals surface area contributed by atoms with Crippen molar-refractivity contribution in [1.29, 1.82) is 0 Å². The Balaban J connectivity index is 1.60. The molecule has 2 aromatic rings. The molecule has 0 radical (unpaired) electrons. The molecule has 2 rings (SSSR count). The highest BCUT2D eigenvalue weighted by molar-refractivity contribution is 6.09. The molecule has 0 aromatic heterocycles. The van der Waals surface area contributed by atoms with Gasteiger partial charge in [-0.3, -0.25) is 9.59 Å². The molecule has 29 heavy (non-hydrogen) atoms. The van der Waals surface area contributed by atoms with Gasteiger partial charge in [0.25, 0.3) is 0 Å². The van der Waals surface area contributed by atoms with Crippen molar-refractivity contribution >= 4 is 11.6 Å². The predicted molar refractivity (Wildman–Crippen MR) is 122 cm³/mol. The van der Waals surface area contributed by atoms with Crippen molar-refractivity contribution in [3.05, 3.63) is 71.3 Å². The van der Waals surface area contributed by atoms with Crippen molar-refractivity contribution in [1.82, 2.24) is 0 Å². The lowest BCUT2D eigenvalue weighted by Gasteiger charge is -2.05. The Morgan fingerprint density at radius 1 is 0.552 bits per heavy atom. The molecular formula is C27H36O2. The first-order valence-electron chi connectivity index (χ1n) is 11.5. The normalized spacial score (nSPS) is 10.8. The summed E-state index contributed by atoms with van der Waals surface area (Å²) in [6, 6.07) is 16.4. The summed E-state index contributed by atoms with van der Waals surface area (Å²) in [6.45, 7) is 2.26. The first kappa shape index (κ1) is 23.1. The second-order valence-corrected chi connectivity index (χ2v) is 7.98. The van der Waals surface area contributed by atoms with Gasteiger partial charge in [0.2, 0.25) is 0 Å². The van der Waals surface area contributed by atoms with Gasteiger partial charge >= 0.3 is 0 Å². The van der Waals surface area contributed by atoms with Gasteiger partial charge in [-0.2, -0.15) is 0 Å². The van der Waals surface area contributed by atoms with Gasteiger partial charge in [-0.05, 0) is 6.42 Å². The number of benzene rings is 2. The lowest BCUT2D eigenvalue weighted by atomic mass is 9.99. The van der Waals surface area contributed by atoms with Crippen molar-refractivity contribution in [2.45, 2.75) is 84.0 Å². The summed E-state index contributed by atoms with van der Waals surface area (Å²) < 4.78 is 0. The van der Waals surface area contributed by atoms with Gasteiger partial charge in [0, 0.05) is 23.1 Å². The van der Waals surface area contributed by atoms with Crippen LogP contribution in [0.1, 0.15) is 110 Å². The highest BCUT2D eigenvalue weighted by Crippen LogP contribution is 2.15. The molecule has 0 aliphatic carbocycles. The van der Waals surface area contributed by atoms with E-state index in [-0.39, 0.29) is 11.6 Å². The molecule has 0 bridgehead atoms. The summed E-state index contributed by atoms with van der Waals surface area (Å²) in [7, 11) is 0. The number of carbonyl (C=O) groups excluding carboxylic acids is 2. The molecular weight excluding hydrogens is 356 g/mol. The highest BCUT2D eigenvalue weighted by atomic mass is 16.1. The Kier molecular flexibility index (Phi) is 11.0. The maximum atomic E-state index is 12.4. The van der Waals surface area contributed by atoms with Gasteiger partial charge in [0.1, 0.15) is 0 Å². The average Bonchev–Trinajstić information content (AvgIpc) is 2.77. The topological polar surface area (TPSA) is 34.1 Å². The van der Waals surface area contributed by atoms with Crippen LogP contribution < -0.4 is 0 Å². The maximum absolute atomic E-state index is 12.4. The molecule has 0 amide bonds. The molecule has 0 N–H and O–H groups in total. The van der Waals surface area contributed by atoms with Gasteiger partial charge in [-0.15, -0.1) is 0 Å². The van der Waals surface area contributed by atoms with E-state index < -0.39 is 0 Å². The molecule has 2 heteroatoms. The first-order valence-corrected chi connectivity index (χ1v) is 11.5. The van der Waals surface area contributed by atoms with E-state index in [9.17, 15) is 9.59 Å². The van der Waals surface area contributed by atoms with Crippen LogP contribution in [0.2, 0.25) is 0 Å². The van der Waals surface area contributed by atoms with Crippen LogP contribution in [-0.4, -0.2) is 11.6 Å². The van der Waals surface area contributed by atoms with Crippen molar-refractivity contribution < 1.29 is 9.59 Å². The summed E-state index contributed by atoms with van der Waals surface area (Å²) in [5.41, 5.74) is 2.01. The van der Waals surface area contributed by atoms with Crippen LogP contribution in [0, 0.1) is 0 Å². The van der Waals surface area contributed by atoms with Crippen LogP contribution in [0.3, 0.4) is 0 Å². The molecule has 0 atom stereocenters. The Bertz CT molecular complexity index is 716. The van der Waals surface area contributed by atoms with E-state index >= 15 is 0 Å². The SMILES string of the molecule is CCCCCCCCCCCCCC(=O)c1ccc(C(=O)c2ccccc2)cc1. The number of hydrogen-bond donors (Lipinski definition) is 0. The smallest absolute Gasteiger partial charge is 0.193 e. The molecule has 156 valence electrons. The summed E-state index contributed by atoms with van der Waals surface area (Å²) in [6.07, 6.45) is 14.7. The second kappa shape index (κ2) is 13.9. The predicted octanol–water partition coefficient (Wildman–Crippen LogP) is 7.80. The van der Waals surface area contributed by atoms with Crippen molar-refractivity contribution in [3.63, 3.8) is 0 Å². The van der Waals surface area contributed by atoms with Gasteiger partial charge < -0.3 is 0 Å². The fraction of sp³-hybridized carbons (Fsp3) is 0.481. The number of ketones is 2. The zero-order valence-electron chi connectivity index (χ0n) is 18.0. The van der Waals surface area contributed by atoms with Crippen LogP contribution in [-0.2, 0) is 0 Å². The van der Waals surface area contributed by atoms with E-state index in [2.05, 4.69) is 6.92 Å². The third kappa shape index (κ3) is 8.77. The Morgan fingerprint density at radius 2 is 1.00 bits per heavy atom. The molecule has 0 fully saturated rings. The number of carbonyl (C=O) groups is 2. The Morgan fingerprint density at radius 3 is 1.55 bits per heavy atom. The van der Waals surface area contributed by atoms with Gasteiger partial charge in [0.15, 0.2) is 11.6 Å². The zero-order valence-corrected chi connectivity index (χ0v) is 18.0. The number of Topliss-reactive ketones (excluding diaryl/α,β-unsaturated/α-hetero) is 1. The fourth-order valence-corrected chi connectivity index (χ4v) is 3.66. The first-order chi connectivity index (χ1) is 14.2. The Labute approximate surface area is 176 Å². The summed E-state index contributed by atoms with van der Waals surface area (Å²) in [5.74, 6) is 0.176. The van der Waals surface area contributed by atoms with Crippen molar-refractivity contribution in [2.24, 2.45) is 0 Å². The molecule has 0 unspecified atom stereocenters. The van der Waals surface area contributed by atoms with Crippen LogP contribution in [0.5, 0.6) is 0 Å². The van der Waals surface area contributed by atoms with Gasteiger partial charge in [0.05, 0.1) is 0 Å². The minimum Gasteiger partial charge on any atom is -0.294 e. The number of hydrogen-bond acceptors (Lipinski definition) is 2. The van der Waals surface area contributed by atoms with Crippen LogP contribution >= 0.6 is 0 Å². The van der Waals surface area contributed by atoms with E-state index in [0.717, 1.165) is 12.8 Å². The van der Waals surface area contributed by atoms with Crippen LogP contribution in [0.15, 0.2) is 54.6 Å². The number of rotatable bonds is 15. The van der Waals surface area contributed by atoms with E-state index in [1.165, 1.54) is 57.8 Å². The highest BCUT2D eigenvalue weighted by Gasteiger charge is 2.10. The third-order valence-corrected chi connectivity index (χ3v) is 5.51.